The van der Waals surface area contributed by atoms with Crippen molar-refractivity contribution >= 4 is 23.6 Å². The van der Waals surface area contributed by atoms with Gasteiger partial charge in [0.25, 0.3) is 0 Å². The standard InChI is InChI=1S/C16H22N2O3S/c19-15(17-8-7-13-6-3-9-21-13)14-10-22-11-18(14)16(20)12-4-1-2-5-12/h3,6,9,12,14H,1-2,4-5,7-8,10-11H2,(H,17,19)/t14-/m0/s1. The number of nitrogens with zero attached hydrogens (tertiary/aromatic N) is 1. The third-order valence-corrected chi connectivity index (χ3v) is 5.44. The lowest BCUT2D eigenvalue weighted by Crippen LogP contribution is -2.49. The molecule has 22 heavy (non-hydrogen) atoms. The highest BCUT2D eigenvalue weighted by atomic mass is 32.2. The van der Waals surface area contributed by atoms with Gasteiger partial charge in [-0.05, 0) is 25.0 Å². The molecular weight excluding hydrogens is 300 g/mol. The van der Waals surface area contributed by atoms with E-state index in [-0.39, 0.29) is 23.8 Å². The maximum absolute atomic E-state index is 12.5. The first-order chi connectivity index (χ1) is 10.8. The molecule has 0 bridgehead atoms. The number of carbonyl (C=O) groups excluding carboxylic acids is 2. The third-order valence-electron chi connectivity index (χ3n) is 4.42. The molecule has 1 aliphatic carbocycles. The van der Waals surface area contributed by atoms with E-state index in [1.165, 1.54) is 0 Å². The number of furan rings is 1. The molecule has 1 aromatic heterocycles. The monoisotopic (exact) mass is 322 g/mol. The van der Waals surface area contributed by atoms with Crippen molar-refractivity contribution in [2.75, 3.05) is 18.2 Å². The molecule has 1 saturated heterocycles. The summed E-state index contributed by atoms with van der Waals surface area (Å²) in [5.41, 5.74) is 0. The van der Waals surface area contributed by atoms with Gasteiger partial charge in [-0.2, -0.15) is 0 Å². The fourth-order valence-electron chi connectivity index (χ4n) is 3.17. The zero-order chi connectivity index (χ0) is 15.4. The van der Waals surface area contributed by atoms with Crippen LogP contribution in [0.3, 0.4) is 0 Å². The van der Waals surface area contributed by atoms with Gasteiger partial charge >= 0.3 is 0 Å². The Morgan fingerprint density at radius 2 is 2.18 bits per heavy atom. The number of hydrogen-bond donors (Lipinski definition) is 1. The summed E-state index contributed by atoms with van der Waals surface area (Å²) in [6, 6.07) is 3.43. The van der Waals surface area contributed by atoms with Gasteiger partial charge in [-0.1, -0.05) is 12.8 Å². The molecule has 0 unspecified atom stereocenters. The number of thioether (sulfide) groups is 1. The minimum absolute atomic E-state index is 0.0390. The van der Waals surface area contributed by atoms with E-state index in [9.17, 15) is 9.59 Å². The van der Waals surface area contributed by atoms with E-state index in [0.29, 0.717) is 24.6 Å². The van der Waals surface area contributed by atoms with Gasteiger partial charge in [0.15, 0.2) is 0 Å². The highest BCUT2D eigenvalue weighted by Gasteiger charge is 2.38. The topological polar surface area (TPSA) is 62.6 Å². The molecule has 2 aliphatic rings. The second-order valence-electron chi connectivity index (χ2n) is 5.93. The number of hydrogen-bond acceptors (Lipinski definition) is 4. The Kier molecular flexibility index (Phi) is 5.08. The lowest BCUT2D eigenvalue weighted by molar-refractivity contribution is -0.141. The fourth-order valence-corrected chi connectivity index (χ4v) is 4.33. The first kappa shape index (κ1) is 15.5. The number of rotatable bonds is 5. The fraction of sp³-hybridized carbons (Fsp3) is 0.625. The highest BCUT2D eigenvalue weighted by Crippen LogP contribution is 2.30. The molecule has 1 atom stereocenters. The van der Waals surface area contributed by atoms with Gasteiger partial charge in [0.05, 0.1) is 12.1 Å². The van der Waals surface area contributed by atoms with Gasteiger partial charge in [0, 0.05) is 24.6 Å². The van der Waals surface area contributed by atoms with Crippen LogP contribution in [0.2, 0.25) is 0 Å². The summed E-state index contributed by atoms with van der Waals surface area (Å²) in [5, 5.41) is 2.93. The number of nitrogens with one attached hydrogen (secondary N) is 1. The van der Waals surface area contributed by atoms with Crippen LogP contribution in [-0.4, -0.2) is 40.9 Å². The maximum Gasteiger partial charge on any atom is 0.243 e. The van der Waals surface area contributed by atoms with Crippen molar-refractivity contribution in [2.24, 2.45) is 5.92 Å². The molecule has 5 nitrogen and oxygen atoms in total. The Morgan fingerprint density at radius 3 is 2.91 bits per heavy atom. The lowest BCUT2D eigenvalue weighted by atomic mass is 10.1. The van der Waals surface area contributed by atoms with Gasteiger partial charge in [0.2, 0.25) is 11.8 Å². The van der Waals surface area contributed by atoms with E-state index in [1.54, 1.807) is 22.9 Å². The summed E-state index contributed by atoms with van der Waals surface area (Å²) in [6.07, 6.45) is 6.54. The molecular formula is C16H22N2O3S. The van der Waals surface area contributed by atoms with Crippen molar-refractivity contribution in [3.8, 4) is 0 Å². The number of amides is 2. The Balaban J connectivity index is 1.50. The Morgan fingerprint density at radius 1 is 1.36 bits per heavy atom. The molecule has 3 rings (SSSR count). The molecule has 2 heterocycles. The van der Waals surface area contributed by atoms with Crippen LogP contribution in [0.4, 0.5) is 0 Å². The number of carbonyl (C=O) groups is 2. The predicted molar refractivity (Wildman–Crippen MR) is 85.3 cm³/mol. The van der Waals surface area contributed by atoms with Crippen LogP contribution in [0.15, 0.2) is 22.8 Å². The Hall–Kier alpha value is -1.43. The highest BCUT2D eigenvalue weighted by molar-refractivity contribution is 7.99. The molecule has 6 heteroatoms. The average Bonchev–Trinajstić information content (AvgIpc) is 3.26. The Labute approximate surface area is 134 Å². The van der Waals surface area contributed by atoms with Gasteiger partial charge in [0.1, 0.15) is 11.8 Å². The van der Waals surface area contributed by atoms with Crippen molar-refractivity contribution in [3.05, 3.63) is 24.2 Å². The minimum Gasteiger partial charge on any atom is -0.469 e. The van der Waals surface area contributed by atoms with Crippen LogP contribution >= 0.6 is 11.8 Å². The predicted octanol–water partition coefficient (Wildman–Crippen LogP) is 2.03. The quantitative estimate of drug-likeness (QED) is 0.901. The molecule has 1 N–H and O–H groups in total. The van der Waals surface area contributed by atoms with Crippen molar-refractivity contribution in [1.29, 1.82) is 0 Å². The lowest BCUT2D eigenvalue weighted by Gasteiger charge is -2.25. The first-order valence-electron chi connectivity index (χ1n) is 7.94. The molecule has 2 amide bonds. The Bertz CT molecular complexity index is 511. The zero-order valence-electron chi connectivity index (χ0n) is 12.6. The van der Waals surface area contributed by atoms with Crippen LogP contribution < -0.4 is 5.32 Å². The molecule has 0 spiro atoms. The first-order valence-corrected chi connectivity index (χ1v) is 9.09. The van der Waals surface area contributed by atoms with Crippen LogP contribution in [0.5, 0.6) is 0 Å². The van der Waals surface area contributed by atoms with Crippen LogP contribution in [0.1, 0.15) is 31.4 Å². The van der Waals surface area contributed by atoms with Gasteiger partial charge < -0.3 is 14.6 Å². The third kappa shape index (κ3) is 3.48. The smallest absolute Gasteiger partial charge is 0.243 e. The normalized spacial score (nSPS) is 22.2. The molecule has 120 valence electrons. The molecule has 1 aliphatic heterocycles. The largest absolute Gasteiger partial charge is 0.469 e. The summed E-state index contributed by atoms with van der Waals surface area (Å²) in [4.78, 5) is 26.7. The second kappa shape index (κ2) is 7.22. The van der Waals surface area contributed by atoms with E-state index in [0.717, 1.165) is 31.4 Å². The molecule has 1 aromatic rings. The summed E-state index contributed by atoms with van der Waals surface area (Å²) in [6.45, 7) is 0.541. The summed E-state index contributed by atoms with van der Waals surface area (Å²) in [5.74, 6) is 2.48. The summed E-state index contributed by atoms with van der Waals surface area (Å²) < 4.78 is 5.25. The minimum atomic E-state index is -0.310. The van der Waals surface area contributed by atoms with E-state index in [2.05, 4.69) is 5.32 Å². The molecule has 2 fully saturated rings. The van der Waals surface area contributed by atoms with E-state index in [1.807, 2.05) is 12.1 Å². The SMILES string of the molecule is O=C(NCCc1ccco1)[C@@H]1CSCN1C(=O)C1CCCC1. The summed E-state index contributed by atoms with van der Waals surface area (Å²) >= 11 is 1.66. The van der Waals surface area contributed by atoms with Gasteiger partial charge in [-0.3, -0.25) is 9.59 Å². The van der Waals surface area contributed by atoms with Crippen LogP contribution in [-0.2, 0) is 16.0 Å². The maximum atomic E-state index is 12.5. The second-order valence-corrected chi connectivity index (χ2v) is 6.93. The van der Waals surface area contributed by atoms with Crippen molar-refractivity contribution in [1.82, 2.24) is 10.2 Å². The zero-order valence-corrected chi connectivity index (χ0v) is 13.4. The van der Waals surface area contributed by atoms with E-state index in [4.69, 9.17) is 4.42 Å². The van der Waals surface area contributed by atoms with Crippen molar-refractivity contribution in [2.45, 2.75) is 38.1 Å². The molecule has 0 aromatic carbocycles. The van der Waals surface area contributed by atoms with E-state index < -0.39 is 0 Å². The van der Waals surface area contributed by atoms with Crippen molar-refractivity contribution in [3.63, 3.8) is 0 Å². The average molecular weight is 322 g/mol. The van der Waals surface area contributed by atoms with Gasteiger partial charge in [-0.25, -0.2) is 0 Å². The van der Waals surface area contributed by atoms with Gasteiger partial charge in [-0.15, -0.1) is 11.8 Å². The molecule has 1 saturated carbocycles. The van der Waals surface area contributed by atoms with Crippen molar-refractivity contribution < 1.29 is 14.0 Å². The van der Waals surface area contributed by atoms with Crippen LogP contribution in [0, 0.1) is 5.92 Å². The molecule has 0 radical (unpaired) electrons. The van der Waals surface area contributed by atoms with E-state index >= 15 is 0 Å². The summed E-state index contributed by atoms with van der Waals surface area (Å²) in [7, 11) is 0. The van der Waals surface area contributed by atoms with Crippen LogP contribution in [0.25, 0.3) is 0 Å².